The number of anilines is 1. The number of carbonyl (C=O) groups is 1. The molecule has 0 fully saturated rings. The fourth-order valence-corrected chi connectivity index (χ4v) is 2.24. The zero-order chi connectivity index (χ0) is 18.4. The number of pyridine rings is 1. The molecule has 1 amide bonds. The highest BCUT2D eigenvalue weighted by atomic mass is 16.2. The van der Waals surface area contributed by atoms with Gasteiger partial charge in [-0.15, -0.1) is 0 Å². The van der Waals surface area contributed by atoms with Gasteiger partial charge in [-0.05, 0) is 31.5 Å². The number of likely N-dealkylation sites (N-methyl/N-ethyl adjacent to an activating group) is 1. The van der Waals surface area contributed by atoms with E-state index in [-0.39, 0.29) is 18.0 Å². The first-order chi connectivity index (χ1) is 12.0. The number of amides is 1. The monoisotopic (exact) mass is 341 g/mol. The van der Waals surface area contributed by atoms with E-state index in [9.17, 15) is 9.59 Å². The number of hydrogen-bond donors (Lipinski definition) is 1. The average molecular weight is 341 g/mol. The molecule has 0 spiro atoms. The van der Waals surface area contributed by atoms with Gasteiger partial charge in [0.25, 0.3) is 5.56 Å². The minimum atomic E-state index is -0.321. The summed E-state index contributed by atoms with van der Waals surface area (Å²) in [5.74, 6) is 0.536. The third-order valence-corrected chi connectivity index (χ3v) is 3.80. The SMILES string of the molecule is C=C(CC)N(C)c1ccc(-c2ccc(=O)n(CC(=O)NCC)n2)cn1. The van der Waals surface area contributed by atoms with Gasteiger partial charge in [-0.3, -0.25) is 9.59 Å². The Labute approximate surface area is 147 Å². The van der Waals surface area contributed by atoms with Crippen LogP contribution in [0.15, 0.2) is 47.5 Å². The van der Waals surface area contributed by atoms with E-state index in [4.69, 9.17) is 0 Å². The van der Waals surface area contributed by atoms with Gasteiger partial charge in [0.1, 0.15) is 12.4 Å². The number of aromatic nitrogens is 3. The molecule has 0 saturated carbocycles. The van der Waals surface area contributed by atoms with E-state index in [1.807, 2.05) is 37.9 Å². The molecular formula is C18H23N5O2. The van der Waals surface area contributed by atoms with E-state index in [2.05, 4.69) is 22.0 Å². The van der Waals surface area contributed by atoms with Gasteiger partial charge in [-0.25, -0.2) is 9.67 Å². The Bertz CT molecular complexity index is 811. The Morgan fingerprint density at radius 1 is 1.28 bits per heavy atom. The molecule has 0 aliphatic carbocycles. The van der Waals surface area contributed by atoms with Crippen molar-refractivity contribution in [3.8, 4) is 11.3 Å². The van der Waals surface area contributed by atoms with Crippen molar-refractivity contribution in [2.24, 2.45) is 0 Å². The second-order valence-electron chi connectivity index (χ2n) is 5.55. The number of rotatable bonds is 7. The van der Waals surface area contributed by atoms with Crippen molar-refractivity contribution in [3.05, 3.63) is 53.1 Å². The van der Waals surface area contributed by atoms with Crippen LogP contribution in [0.1, 0.15) is 20.3 Å². The first-order valence-electron chi connectivity index (χ1n) is 8.19. The van der Waals surface area contributed by atoms with Crippen molar-refractivity contribution in [1.29, 1.82) is 0 Å². The van der Waals surface area contributed by atoms with Gasteiger partial charge < -0.3 is 10.2 Å². The van der Waals surface area contributed by atoms with E-state index in [0.29, 0.717) is 12.2 Å². The molecule has 0 unspecified atom stereocenters. The summed E-state index contributed by atoms with van der Waals surface area (Å²) in [5, 5.41) is 6.91. The second kappa shape index (κ2) is 8.23. The summed E-state index contributed by atoms with van der Waals surface area (Å²) in [7, 11) is 1.92. The van der Waals surface area contributed by atoms with E-state index < -0.39 is 0 Å². The van der Waals surface area contributed by atoms with Crippen LogP contribution in [0.25, 0.3) is 11.3 Å². The molecule has 0 radical (unpaired) electrons. The number of allylic oxidation sites excluding steroid dienone is 1. The van der Waals surface area contributed by atoms with Gasteiger partial charge in [-0.2, -0.15) is 5.10 Å². The number of hydrogen-bond acceptors (Lipinski definition) is 5. The van der Waals surface area contributed by atoms with E-state index in [0.717, 1.165) is 28.2 Å². The third-order valence-electron chi connectivity index (χ3n) is 3.80. The predicted molar refractivity (Wildman–Crippen MR) is 98.2 cm³/mol. The normalized spacial score (nSPS) is 10.4. The first-order valence-corrected chi connectivity index (χ1v) is 8.19. The van der Waals surface area contributed by atoms with Crippen molar-refractivity contribution >= 4 is 11.7 Å². The quantitative estimate of drug-likeness (QED) is 0.831. The lowest BCUT2D eigenvalue weighted by atomic mass is 10.2. The summed E-state index contributed by atoms with van der Waals surface area (Å²) in [6, 6.07) is 6.78. The molecule has 0 atom stereocenters. The highest BCUT2D eigenvalue weighted by Gasteiger charge is 2.09. The second-order valence-corrected chi connectivity index (χ2v) is 5.55. The van der Waals surface area contributed by atoms with Gasteiger partial charge in [-0.1, -0.05) is 13.5 Å². The largest absolute Gasteiger partial charge is 0.355 e. The zero-order valence-electron chi connectivity index (χ0n) is 14.8. The van der Waals surface area contributed by atoms with Crippen molar-refractivity contribution in [2.75, 3.05) is 18.5 Å². The van der Waals surface area contributed by atoms with Crippen LogP contribution in [0.3, 0.4) is 0 Å². The Morgan fingerprint density at radius 2 is 2.04 bits per heavy atom. The molecule has 25 heavy (non-hydrogen) atoms. The van der Waals surface area contributed by atoms with Gasteiger partial charge in [0.2, 0.25) is 5.91 Å². The highest BCUT2D eigenvalue weighted by Crippen LogP contribution is 2.20. The van der Waals surface area contributed by atoms with E-state index in [1.54, 1.807) is 12.3 Å². The minimum absolute atomic E-state index is 0.106. The first kappa shape index (κ1) is 18.4. The maximum absolute atomic E-state index is 11.9. The molecule has 2 rings (SSSR count). The average Bonchev–Trinajstić information content (AvgIpc) is 2.62. The molecule has 2 heterocycles. The molecule has 7 nitrogen and oxygen atoms in total. The van der Waals surface area contributed by atoms with Crippen molar-refractivity contribution in [2.45, 2.75) is 26.8 Å². The topological polar surface area (TPSA) is 80.1 Å². The summed E-state index contributed by atoms with van der Waals surface area (Å²) in [6.07, 6.45) is 2.53. The molecule has 0 aliphatic heterocycles. The van der Waals surface area contributed by atoms with Gasteiger partial charge in [0.15, 0.2) is 0 Å². The molecule has 2 aromatic heterocycles. The maximum atomic E-state index is 11.9. The fourth-order valence-electron chi connectivity index (χ4n) is 2.24. The van der Waals surface area contributed by atoms with Gasteiger partial charge >= 0.3 is 0 Å². The van der Waals surface area contributed by atoms with E-state index >= 15 is 0 Å². The van der Waals surface area contributed by atoms with Crippen LogP contribution in [-0.4, -0.2) is 34.3 Å². The molecule has 0 aliphatic rings. The summed E-state index contributed by atoms with van der Waals surface area (Å²) in [5.41, 5.74) is 2.00. The van der Waals surface area contributed by atoms with Crippen LogP contribution in [0, 0.1) is 0 Å². The maximum Gasteiger partial charge on any atom is 0.267 e. The lowest BCUT2D eigenvalue weighted by Crippen LogP contribution is -2.33. The highest BCUT2D eigenvalue weighted by molar-refractivity contribution is 5.75. The fraction of sp³-hybridized carbons (Fsp3) is 0.333. The standard InChI is InChI=1S/C18H23N5O2/c1-5-13(3)22(4)16-9-7-14(11-20-16)15-8-10-18(25)23(21-15)12-17(24)19-6-2/h7-11H,3,5-6,12H2,1-2,4H3,(H,19,24). The lowest BCUT2D eigenvalue weighted by molar-refractivity contribution is -0.121. The van der Waals surface area contributed by atoms with Crippen LogP contribution in [0.4, 0.5) is 5.82 Å². The molecule has 0 aromatic carbocycles. The molecule has 0 bridgehead atoms. The Balaban J connectivity index is 2.25. The Morgan fingerprint density at radius 3 is 2.64 bits per heavy atom. The zero-order valence-corrected chi connectivity index (χ0v) is 14.8. The third kappa shape index (κ3) is 4.53. The van der Waals surface area contributed by atoms with Gasteiger partial charge in [0, 0.05) is 37.1 Å². The molecule has 7 heteroatoms. The van der Waals surface area contributed by atoms with E-state index in [1.165, 1.54) is 6.07 Å². The molecule has 132 valence electrons. The Hall–Kier alpha value is -2.96. The summed E-state index contributed by atoms with van der Waals surface area (Å²) >= 11 is 0. The minimum Gasteiger partial charge on any atom is -0.355 e. The molecular weight excluding hydrogens is 318 g/mol. The van der Waals surface area contributed by atoms with Crippen LogP contribution in [0.5, 0.6) is 0 Å². The lowest BCUT2D eigenvalue weighted by Gasteiger charge is -2.19. The number of nitrogens with zero attached hydrogens (tertiary/aromatic N) is 4. The summed E-state index contributed by atoms with van der Waals surface area (Å²) < 4.78 is 1.15. The van der Waals surface area contributed by atoms with Crippen molar-refractivity contribution in [3.63, 3.8) is 0 Å². The Kier molecular flexibility index (Phi) is 6.05. The summed E-state index contributed by atoms with van der Waals surface area (Å²) in [6.45, 7) is 8.25. The van der Waals surface area contributed by atoms with Crippen LogP contribution < -0.4 is 15.8 Å². The van der Waals surface area contributed by atoms with Crippen LogP contribution >= 0.6 is 0 Å². The van der Waals surface area contributed by atoms with Crippen LogP contribution in [-0.2, 0) is 11.3 Å². The smallest absolute Gasteiger partial charge is 0.267 e. The van der Waals surface area contributed by atoms with Crippen molar-refractivity contribution < 1.29 is 4.79 Å². The molecule has 1 N–H and O–H groups in total. The van der Waals surface area contributed by atoms with Crippen molar-refractivity contribution in [1.82, 2.24) is 20.1 Å². The van der Waals surface area contributed by atoms with Crippen LogP contribution in [0.2, 0.25) is 0 Å². The number of nitrogens with one attached hydrogen (secondary N) is 1. The predicted octanol–water partition coefficient (Wildman–Crippen LogP) is 1.80. The van der Waals surface area contributed by atoms with Gasteiger partial charge in [0.05, 0.1) is 5.69 Å². The molecule has 2 aromatic rings. The number of carbonyl (C=O) groups excluding carboxylic acids is 1. The summed E-state index contributed by atoms with van der Waals surface area (Å²) in [4.78, 5) is 29.9. The molecule has 0 saturated heterocycles.